The number of amides is 1. The average molecular weight is 342 g/mol. The van der Waals surface area contributed by atoms with Gasteiger partial charge in [-0.1, -0.05) is 11.6 Å². The summed E-state index contributed by atoms with van der Waals surface area (Å²) in [5.41, 5.74) is 3.66. The lowest BCUT2D eigenvalue weighted by atomic mass is 10.2. The lowest BCUT2D eigenvalue weighted by Crippen LogP contribution is -2.38. The van der Waals surface area contributed by atoms with Gasteiger partial charge in [-0.05, 0) is 19.1 Å². The third kappa shape index (κ3) is 3.24. The molecule has 122 valence electrons. The van der Waals surface area contributed by atoms with Crippen molar-refractivity contribution in [2.75, 3.05) is 5.32 Å². The van der Waals surface area contributed by atoms with Crippen LogP contribution in [0.1, 0.15) is 6.92 Å². The molecule has 0 radical (unpaired) electrons. The van der Waals surface area contributed by atoms with Crippen LogP contribution in [0.25, 0.3) is 5.69 Å². The number of carbonyl (C=O) groups excluding carboxylic acids is 1. The van der Waals surface area contributed by atoms with E-state index in [1.165, 1.54) is 20.0 Å². The topological polar surface area (TPSA) is 112 Å². The number of nitrogens with zero attached hydrogens (tertiary/aromatic N) is 3. The van der Waals surface area contributed by atoms with E-state index in [2.05, 4.69) is 10.4 Å². The third-order valence-corrected chi connectivity index (χ3v) is 3.46. The van der Waals surface area contributed by atoms with E-state index in [0.29, 0.717) is 4.68 Å². The van der Waals surface area contributed by atoms with Crippen molar-refractivity contribution >= 4 is 23.2 Å². The summed E-state index contributed by atoms with van der Waals surface area (Å²) in [4.78, 5) is 34.5. The van der Waals surface area contributed by atoms with Crippen LogP contribution in [-0.2, 0) is 11.8 Å². The van der Waals surface area contributed by atoms with Crippen molar-refractivity contribution in [2.24, 2.45) is 12.8 Å². The van der Waals surface area contributed by atoms with Gasteiger partial charge >= 0.3 is 5.69 Å². The molecule has 8 nitrogen and oxygen atoms in total. The van der Waals surface area contributed by atoms with Crippen LogP contribution < -0.4 is 22.3 Å². The number of benzene rings is 1. The molecule has 23 heavy (non-hydrogen) atoms. The summed E-state index contributed by atoms with van der Waals surface area (Å²) in [7, 11) is 1.24. The zero-order valence-electron chi connectivity index (χ0n) is 12.2. The van der Waals surface area contributed by atoms with Gasteiger partial charge in [0, 0.05) is 7.05 Å². The van der Waals surface area contributed by atoms with E-state index in [-0.39, 0.29) is 16.4 Å². The molecule has 3 N–H and O–H groups in total. The van der Waals surface area contributed by atoms with Crippen molar-refractivity contribution in [3.8, 4) is 5.69 Å². The Bertz CT molecular complexity index is 892. The maximum Gasteiger partial charge on any atom is 0.352 e. The summed E-state index contributed by atoms with van der Waals surface area (Å²) in [6, 6.07) is 1.40. The highest BCUT2D eigenvalue weighted by Gasteiger charge is 2.16. The van der Waals surface area contributed by atoms with E-state index in [9.17, 15) is 18.8 Å². The Hall–Kier alpha value is -2.68. The Morgan fingerprint density at radius 1 is 1.43 bits per heavy atom. The maximum atomic E-state index is 14.1. The van der Waals surface area contributed by atoms with Gasteiger partial charge in [0.05, 0.1) is 10.7 Å². The molecule has 0 bridgehead atoms. The first-order valence-corrected chi connectivity index (χ1v) is 6.80. The summed E-state index contributed by atoms with van der Waals surface area (Å²) in [5, 5.41) is 6.33. The fourth-order valence-corrected chi connectivity index (χ4v) is 1.96. The van der Waals surface area contributed by atoms with Crippen molar-refractivity contribution < 1.29 is 9.18 Å². The predicted octanol–water partition coefficient (Wildman–Crippen LogP) is 0.00940. The van der Waals surface area contributed by atoms with E-state index in [1.807, 2.05) is 0 Å². The van der Waals surface area contributed by atoms with Gasteiger partial charge in [0.2, 0.25) is 5.91 Å². The van der Waals surface area contributed by atoms with Crippen LogP contribution in [0.3, 0.4) is 0 Å². The fraction of sp³-hybridized carbons (Fsp3) is 0.231. The molecule has 0 aliphatic rings. The summed E-state index contributed by atoms with van der Waals surface area (Å²) in [6.07, 6.45) is 0.884. The Kier molecular flexibility index (Phi) is 4.50. The molecule has 1 amide bonds. The van der Waals surface area contributed by atoms with E-state index in [4.69, 9.17) is 17.3 Å². The normalized spacial score (nSPS) is 12.0. The number of nitrogens with two attached hydrogens (primary N) is 1. The van der Waals surface area contributed by atoms with Gasteiger partial charge in [-0.15, -0.1) is 0 Å². The van der Waals surface area contributed by atoms with Gasteiger partial charge in [-0.25, -0.2) is 9.18 Å². The maximum absolute atomic E-state index is 14.1. The molecule has 2 rings (SSSR count). The molecule has 0 unspecified atom stereocenters. The number of carbonyl (C=O) groups is 1. The summed E-state index contributed by atoms with van der Waals surface area (Å²) in [6.45, 7) is 1.50. The number of halogens is 2. The quantitative estimate of drug-likeness (QED) is 0.813. The number of aromatic nitrogens is 3. The molecule has 10 heteroatoms. The van der Waals surface area contributed by atoms with E-state index >= 15 is 0 Å². The molecular weight excluding hydrogens is 329 g/mol. The van der Waals surface area contributed by atoms with E-state index in [0.717, 1.165) is 16.8 Å². The SMILES string of the molecule is C[C@H](Nc1cc(-n2ncc(=O)n(C)c2=O)c(F)cc1Cl)C(N)=O. The Morgan fingerprint density at radius 2 is 2.09 bits per heavy atom. The van der Waals surface area contributed by atoms with Crippen molar-refractivity contribution in [1.82, 2.24) is 14.3 Å². The summed E-state index contributed by atoms with van der Waals surface area (Å²) < 4.78 is 15.6. The van der Waals surface area contributed by atoms with Crippen LogP contribution in [0, 0.1) is 5.82 Å². The minimum Gasteiger partial charge on any atom is -0.373 e. The molecule has 0 aliphatic heterocycles. The number of anilines is 1. The van der Waals surface area contributed by atoms with Gasteiger partial charge in [-0.2, -0.15) is 9.78 Å². The van der Waals surface area contributed by atoms with Crippen molar-refractivity contribution in [1.29, 1.82) is 0 Å². The Balaban J connectivity index is 2.60. The Labute approximate surface area is 134 Å². The number of nitrogens with one attached hydrogen (secondary N) is 1. The van der Waals surface area contributed by atoms with Gasteiger partial charge in [0.15, 0.2) is 5.82 Å². The zero-order valence-corrected chi connectivity index (χ0v) is 13.0. The van der Waals surface area contributed by atoms with Crippen LogP contribution in [0.15, 0.2) is 27.9 Å². The Morgan fingerprint density at radius 3 is 2.70 bits per heavy atom. The fourth-order valence-electron chi connectivity index (χ4n) is 1.76. The van der Waals surface area contributed by atoms with E-state index < -0.39 is 29.0 Å². The number of rotatable bonds is 4. The van der Waals surface area contributed by atoms with Crippen LogP contribution in [0.2, 0.25) is 5.02 Å². The molecule has 0 saturated heterocycles. The predicted molar refractivity (Wildman–Crippen MR) is 82.3 cm³/mol. The molecule has 0 spiro atoms. The lowest BCUT2D eigenvalue weighted by molar-refractivity contribution is -0.118. The van der Waals surface area contributed by atoms with Crippen molar-refractivity contribution in [3.63, 3.8) is 0 Å². The first-order valence-electron chi connectivity index (χ1n) is 6.43. The molecule has 1 heterocycles. The minimum atomic E-state index is -0.826. The number of primary amides is 1. The van der Waals surface area contributed by atoms with Crippen LogP contribution >= 0.6 is 11.6 Å². The van der Waals surface area contributed by atoms with Crippen LogP contribution in [0.5, 0.6) is 0 Å². The lowest BCUT2D eigenvalue weighted by Gasteiger charge is -2.15. The zero-order chi connectivity index (χ0) is 17.3. The van der Waals surface area contributed by atoms with Crippen LogP contribution in [-0.4, -0.2) is 26.3 Å². The van der Waals surface area contributed by atoms with Crippen molar-refractivity contribution in [2.45, 2.75) is 13.0 Å². The van der Waals surface area contributed by atoms with Crippen LogP contribution in [0.4, 0.5) is 10.1 Å². The second kappa shape index (κ2) is 6.21. The third-order valence-electron chi connectivity index (χ3n) is 3.15. The standard InChI is InChI=1S/C13H13ClFN5O3/c1-6(12(16)22)18-9-4-10(8(15)3-7(9)14)20-13(23)19(2)11(21)5-17-20/h3-6,18H,1-2H3,(H2,16,22)/t6-/m0/s1. The highest BCUT2D eigenvalue weighted by atomic mass is 35.5. The molecule has 2 aromatic rings. The molecule has 0 saturated carbocycles. The van der Waals surface area contributed by atoms with Gasteiger partial charge in [0.1, 0.15) is 17.9 Å². The van der Waals surface area contributed by atoms with Crippen molar-refractivity contribution in [3.05, 3.63) is 50.0 Å². The summed E-state index contributed by atoms with van der Waals surface area (Å²) in [5.74, 6) is -1.45. The molecule has 1 aromatic carbocycles. The second-order valence-electron chi connectivity index (χ2n) is 4.79. The first kappa shape index (κ1) is 16.7. The molecular formula is C13H13ClFN5O3. The van der Waals surface area contributed by atoms with Gasteiger partial charge < -0.3 is 11.1 Å². The van der Waals surface area contributed by atoms with E-state index in [1.54, 1.807) is 0 Å². The molecule has 1 atom stereocenters. The second-order valence-corrected chi connectivity index (χ2v) is 5.20. The largest absolute Gasteiger partial charge is 0.373 e. The number of hydrogen-bond acceptors (Lipinski definition) is 5. The average Bonchev–Trinajstić information content (AvgIpc) is 2.48. The first-order chi connectivity index (χ1) is 10.7. The monoisotopic (exact) mass is 341 g/mol. The minimum absolute atomic E-state index is 0.00258. The number of hydrogen-bond donors (Lipinski definition) is 2. The summed E-state index contributed by atoms with van der Waals surface area (Å²) >= 11 is 5.92. The smallest absolute Gasteiger partial charge is 0.352 e. The molecule has 0 aliphatic carbocycles. The molecule has 0 fully saturated rings. The molecule has 1 aromatic heterocycles. The van der Waals surface area contributed by atoms with Gasteiger partial charge in [-0.3, -0.25) is 14.2 Å². The highest BCUT2D eigenvalue weighted by Crippen LogP contribution is 2.27. The highest BCUT2D eigenvalue weighted by molar-refractivity contribution is 6.33. The van der Waals surface area contributed by atoms with Gasteiger partial charge in [0.25, 0.3) is 5.56 Å².